The Hall–Kier alpha value is -4.81. The number of aliphatic carboxylic acids is 1. The summed E-state index contributed by atoms with van der Waals surface area (Å²) in [5.74, 6) is -5.85. The average Bonchev–Trinajstić information content (AvgIpc) is 2.94. The Bertz CT molecular complexity index is 1800. The van der Waals surface area contributed by atoms with Crippen molar-refractivity contribution in [2.45, 2.75) is 51.9 Å². The van der Waals surface area contributed by atoms with Crippen LogP contribution in [0, 0.1) is 25.5 Å². The first-order valence-electron chi connectivity index (χ1n) is 13.5. The summed E-state index contributed by atoms with van der Waals surface area (Å²) in [5.41, 5.74) is 1.32. The Morgan fingerprint density at radius 1 is 1.07 bits per heavy atom. The summed E-state index contributed by atoms with van der Waals surface area (Å²) in [4.78, 5) is 42.6. The lowest BCUT2D eigenvalue weighted by atomic mass is 9.93. The Morgan fingerprint density at radius 2 is 1.73 bits per heavy atom. The summed E-state index contributed by atoms with van der Waals surface area (Å²) in [5, 5.41) is 14.5. The van der Waals surface area contributed by atoms with E-state index >= 15 is 0 Å². The average molecular weight is 617 g/mol. The second kappa shape index (κ2) is 12.4. The molecule has 4 rings (SSSR count). The van der Waals surface area contributed by atoms with Gasteiger partial charge >= 0.3 is 12.1 Å². The third kappa shape index (κ3) is 6.41. The van der Waals surface area contributed by atoms with Crippen LogP contribution < -0.4 is 16.2 Å². The number of pyridine rings is 2. The van der Waals surface area contributed by atoms with Crippen LogP contribution in [-0.2, 0) is 18.3 Å². The largest absolute Gasteiger partial charge is 0.480 e. The molecule has 1 amide bonds. The van der Waals surface area contributed by atoms with Crippen LogP contribution in [0.25, 0.3) is 22.0 Å². The number of amides is 1. The van der Waals surface area contributed by atoms with Crippen molar-refractivity contribution in [3.05, 3.63) is 93.0 Å². The van der Waals surface area contributed by atoms with E-state index in [1.807, 2.05) is 11.4 Å². The second-order valence-electron chi connectivity index (χ2n) is 10.4. The Kier molecular flexibility index (Phi) is 9.07. The number of hydrogen-bond acceptors (Lipinski definition) is 5. The minimum Gasteiger partial charge on any atom is -0.480 e. The molecular weight excluding hydrogens is 587 g/mol. The van der Waals surface area contributed by atoms with Crippen LogP contribution in [0.15, 0.2) is 53.5 Å². The highest BCUT2D eigenvalue weighted by Gasteiger charge is 2.38. The molecule has 0 saturated carbocycles. The lowest BCUT2D eigenvalue weighted by Crippen LogP contribution is -2.43. The monoisotopic (exact) mass is 616 g/mol. The molecule has 0 spiro atoms. The minimum absolute atomic E-state index is 0.244. The maximum absolute atomic E-state index is 14.8. The fourth-order valence-electron chi connectivity index (χ4n) is 5.06. The number of carbonyl (C=O) groups is 2. The van der Waals surface area contributed by atoms with Crippen LogP contribution in [0.5, 0.6) is 0 Å². The van der Waals surface area contributed by atoms with Crippen molar-refractivity contribution in [1.29, 1.82) is 0 Å². The zero-order chi connectivity index (χ0) is 32.5. The van der Waals surface area contributed by atoms with Crippen molar-refractivity contribution in [2.75, 3.05) is 5.32 Å². The van der Waals surface area contributed by atoms with Crippen molar-refractivity contribution in [1.82, 2.24) is 14.9 Å². The quantitative estimate of drug-likeness (QED) is 0.209. The summed E-state index contributed by atoms with van der Waals surface area (Å²) in [7, 11) is 1.64. The molecule has 232 valence electrons. The van der Waals surface area contributed by atoms with E-state index in [1.165, 1.54) is 17.7 Å². The van der Waals surface area contributed by atoms with Crippen molar-refractivity contribution >= 4 is 28.5 Å². The van der Waals surface area contributed by atoms with Gasteiger partial charge in [-0.2, -0.15) is 13.2 Å². The summed E-state index contributed by atoms with van der Waals surface area (Å²) in [6.45, 7) is 4.83. The smallest absolute Gasteiger partial charge is 0.408 e. The highest BCUT2D eigenvalue weighted by Crippen LogP contribution is 2.31. The highest BCUT2D eigenvalue weighted by atomic mass is 19.4. The van der Waals surface area contributed by atoms with E-state index in [4.69, 9.17) is 0 Å². The molecule has 0 aliphatic carbocycles. The predicted octanol–water partition coefficient (Wildman–Crippen LogP) is 5.67. The van der Waals surface area contributed by atoms with Gasteiger partial charge in [-0.25, -0.2) is 13.6 Å². The fourth-order valence-corrected chi connectivity index (χ4v) is 5.06. The number of carboxylic acids is 1. The molecule has 2 aromatic carbocycles. The van der Waals surface area contributed by atoms with Gasteiger partial charge in [0.1, 0.15) is 29.3 Å². The first kappa shape index (κ1) is 32.1. The second-order valence-corrected chi connectivity index (χ2v) is 10.4. The molecule has 0 fully saturated rings. The molecule has 1 unspecified atom stereocenters. The number of anilines is 1. The summed E-state index contributed by atoms with van der Waals surface area (Å²) in [6.07, 6.45) is -3.90. The Labute approximate surface area is 248 Å². The fraction of sp³-hybridized carbons (Fsp3) is 0.290. The zero-order valence-corrected chi connectivity index (χ0v) is 24.1. The first-order valence-corrected chi connectivity index (χ1v) is 13.5. The van der Waals surface area contributed by atoms with E-state index in [9.17, 15) is 41.4 Å². The molecule has 0 saturated heterocycles. The van der Waals surface area contributed by atoms with Gasteiger partial charge in [-0.15, -0.1) is 0 Å². The number of rotatable bonds is 9. The van der Waals surface area contributed by atoms with E-state index in [0.29, 0.717) is 39.7 Å². The molecule has 4 aromatic rings. The third-order valence-electron chi connectivity index (χ3n) is 7.44. The van der Waals surface area contributed by atoms with E-state index in [0.717, 1.165) is 11.3 Å². The van der Waals surface area contributed by atoms with Crippen molar-refractivity contribution in [3.63, 3.8) is 0 Å². The number of aryl methyl sites for hydroxylation is 2. The normalized spacial score (nSPS) is 13.0. The van der Waals surface area contributed by atoms with Crippen molar-refractivity contribution < 1.29 is 36.6 Å². The van der Waals surface area contributed by atoms with Gasteiger partial charge in [0.15, 0.2) is 0 Å². The van der Waals surface area contributed by atoms with E-state index in [-0.39, 0.29) is 12.0 Å². The number of alkyl halides is 3. The molecule has 44 heavy (non-hydrogen) atoms. The van der Waals surface area contributed by atoms with Crippen LogP contribution in [0.2, 0.25) is 0 Å². The number of benzene rings is 2. The lowest BCUT2D eigenvalue weighted by molar-refractivity contribution is -0.143. The predicted molar refractivity (Wildman–Crippen MR) is 155 cm³/mol. The molecular formula is C31H29F5N4O4. The van der Waals surface area contributed by atoms with Gasteiger partial charge in [0.25, 0.3) is 11.5 Å². The van der Waals surface area contributed by atoms with E-state index < -0.39 is 59.4 Å². The molecule has 0 bridgehead atoms. The molecule has 2 aromatic heterocycles. The number of nitrogens with zero attached hydrogens (tertiary/aromatic N) is 2. The maximum atomic E-state index is 14.8. The Morgan fingerprint density at radius 3 is 2.32 bits per heavy atom. The molecule has 0 aliphatic heterocycles. The van der Waals surface area contributed by atoms with E-state index in [2.05, 4.69) is 10.3 Å². The van der Waals surface area contributed by atoms with Crippen LogP contribution >= 0.6 is 0 Å². The molecule has 3 N–H and O–H groups in total. The molecule has 2 heterocycles. The third-order valence-corrected chi connectivity index (χ3v) is 7.44. The Balaban J connectivity index is 1.66. The van der Waals surface area contributed by atoms with Gasteiger partial charge in [-0.1, -0.05) is 25.1 Å². The van der Waals surface area contributed by atoms with Crippen LogP contribution in [0.1, 0.15) is 40.5 Å². The summed E-state index contributed by atoms with van der Waals surface area (Å²) >= 11 is 0. The zero-order valence-electron chi connectivity index (χ0n) is 24.1. The summed E-state index contributed by atoms with van der Waals surface area (Å²) in [6, 6.07) is 5.71. The van der Waals surface area contributed by atoms with E-state index in [1.54, 1.807) is 45.2 Å². The van der Waals surface area contributed by atoms with Gasteiger partial charge < -0.3 is 20.3 Å². The molecule has 13 heteroatoms. The highest BCUT2D eigenvalue weighted by molar-refractivity contribution is 5.99. The molecule has 2 atom stereocenters. The van der Waals surface area contributed by atoms with Crippen LogP contribution in [0.4, 0.5) is 27.6 Å². The minimum atomic E-state index is -4.68. The number of carbonyl (C=O) groups excluding carboxylic acids is 1. The summed E-state index contributed by atoms with van der Waals surface area (Å²) < 4.78 is 70.4. The van der Waals surface area contributed by atoms with Gasteiger partial charge in [0.2, 0.25) is 0 Å². The van der Waals surface area contributed by atoms with Gasteiger partial charge in [-0.05, 0) is 55.7 Å². The van der Waals surface area contributed by atoms with Crippen molar-refractivity contribution in [3.8, 4) is 11.1 Å². The first-order chi connectivity index (χ1) is 20.6. The number of fused-ring (bicyclic) bond motifs is 1. The standard InChI is InChI=1S/C31H29F5N4O4/c1-5-24(31(34,35)36)38-18-13-21(32)26(22(33)14-18)28(41)39-23(30(43)44)12-17-8-9-20(27-19(17)7-6-10-37-27)25-15(2)11-16(3)40(4)29(25)42/h6-11,13-14,23-24,38H,5,12H2,1-4H3,(H,39,41)(H,43,44)/t23-,24?/m0/s1. The number of halogens is 5. The van der Waals surface area contributed by atoms with Gasteiger partial charge in [0, 0.05) is 42.0 Å². The van der Waals surface area contributed by atoms with Crippen molar-refractivity contribution in [2.24, 2.45) is 7.05 Å². The topological polar surface area (TPSA) is 113 Å². The molecule has 8 nitrogen and oxygen atoms in total. The molecule has 0 radical (unpaired) electrons. The lowest BCUT2D eigenvalue weighted by Gasteiger charge is -2.22. The number of hydrogen-bond donors (Lipinski definition) is 3. The van der Waals surface area contributed by atoms with Crippen LogP contribution in [0.3, 0.4) is 0 Å². The number of aromatic nitrogens is 2. The molecule has 0 aliphatic rings. The number of nitrogens with one attached hydrogen (secondary N) is 2. The maximum Gasteiger partial charge on any atom is 0.408 e. The van der Waals surface area contributed by atoms with Crippen LogP contribution in [-0.4, -0.2) is 44.8 Å². The SMILES string of the molecule is CCC(Nc1cc(F)c(C(=O)N[C@@H](Cc2ccc(-c3c(C)cc(C)n(C)c3=O)c3ncccc23)C(=O)O)c(F)c1)C(F)(F)F. The van der Waals surface area contributed by atoms with Gasteiger partial charge in [0.05, 0.1) is 11.1 Å². The van der Waals surface area contributed by atoms with Gasteiger partial charge in [-0.3, -0.25) is 14.6 Å². The number of carboxylic acid groups (broad SMARTS) is 1.